The zero-order valence-corrected chi connectivity index (χ0v) is 17.9. The van der Waals surface area contributed by atoms with Gasteiger partial charge in [0.05, 0.1) is 0 Å². The van der Waals surface area contributed by atoms with E-state index in [0.29, 0.717) is 17.3 Å². The van der Waals surface area contributed by atoms with Crippen molar-refractivity contribution in [1.82, 2.24) is 15.0 Å². The van der Waals surface area contributed by atoms with Crippen molar-refractivity contribution in [2.75, 3.05) is 18.4 Å². The highest BCUT2D eigenvalue weighted by molar-refractivity contribution is 5.93. The summed E-state index contributed by atoms with van der Waals surface area (Å²) in [4.78, 5) is 19.1. The van der Waals surface area contributed by atoms with Gasteiger partial charge in [0.2, 0.25) is 0 Å². The van der Waals surface area contributed by atoms with Crippen molar-refractivity contribution in [2.45, 2.75) is 19.8 Å². The zero-order valence-electron chi connectivity index (χ0n) is 17.9. The quantitative estimate of drug-likeness (QED) is 0.445. The van der Waals surface area contributed by atoms with Crippen molar-refractivity contribution in [2.24, 2.45) is 0 Å². The Morgan fingerprint density at radius 1 is 0.875 bits per heavy atom. The lowest BCUT2D eigenvalue weighted by atomic mass is 10.0. The Balaban J connectivity index is 1.40. The molecule has 2 aromatic heterocycles. The topological polar surface area (TPSA) is 71.3 Å². The summed E-state index contributed by atoms with van der Waals surface area (Å²) in [7, 11) is 0. The first kappa shape index (κ1) is 20.0. The van der Waals surface area contributed by atoms with Gasteiger partial charge in [0.1, 0.15) is 22.9 Å². The van der Waals surface area contributed by atoms with Crippen molar-refractivity contribution in [3.8, 4) is 22.5 Å². The fraction of sp³-hybridized carbons (Fsp3) is 0.192. The van der Waals surface area contributed by atoms with E-state index in [1.807, 2.05) is 54.3 Å². The Labute approximate surface area is 186 Å². The maximum Gasteiger partial charge on any atom is 0.272 e. The number of benzene rings is 2. The summed E-state index contributed by atoms with van der Waals surface area (Å²) in [6, 6.07) is 23.9. The Morgan fingerprint density at radius 3 is 2.31 bits per heavy atom. The highest BCUT2D eigenvalue weighted by Crippen LogP contribution is 2.34. The van der Waals surface area contributed by atoms with Crippen molar-refractivity contribution in [3.05, 3.63) is 84.2 Å². The van der Waals surface area contributed by atoms with Crippen LogP contribution in [0.15, 0.2) is 77.3 Å². The minimum atomic E-state index is -0.0232. The number of likely N-dealkylation sites (tertiary alicyclic amines) is 1. The molecule has 0 radical (unpaired) electrons. The molecule has 1 fully saturated rings. The molecule has 0 unspecified atom stereocenters. The smallest absolute Gasteiger partial charge is 0.272 e. The number of amides is 1. The van der Waals surface area contributed by atoms with E-state index in [4.69, 9.17) is 4.52 Å². The fourth-order valence-corrected chi connectivity index (χ4v) is 3.99. The number of hydrogen-bond acceptors (Lipinski definition) is 5. The number of nitrogens with zero attached hydrogens (tertiary/aromatic N) is 3. The molecule has 160 valence electrons. The summed E-state index contributed by atoms with van der Waals surface area (Å²) >= 11 is 0. The van der Waals surface area contributed by atoms with E-state index in [1.165, 1.54) is 0 Å². The Bertz CT molecular complexity index is 1230. The maximum absolute atomic E-state index is 12.7. The van der Waals surface area contributed by atoms with Crippen LogP contribution in [-0.4, -0.2) is 34.0 Å². The Morgan fingerprint density at radius 2 is 1.56 bits per heavy atom. The molecule has 1 N–H and O–H groups in total. The lowest BCUT2D eigenvalue weighted by Crippen LogP contribution is -2.28. The van der Waals surface area contributed by atoms with Gasteiger partial charge in [-0.15, -0.1) is 0 Å². The van der Waals surface area contributed by atoms with Crippen LogP contribution < -0.4 is 5.32 Å². The molecule has 6 heteroatoms. The maximum atomic E-state index is 12.7. The van der Waals surface area contributed by atoms with E-state index in [-0.39, 0.29) is 5.91 Å². The molecule has 1 saturated heterocycles. The average molecular weight is 425 g/mol. The average Bonchev–Trinajstić information content (AvgIpc) is 3.50. The van der Waals surface area contributed by atoms with Gasteiger partial charge in [0.25, 0.3) is 5.91 Å². The highest BCUT2D eigenvalue weighted by Gasteiger charge is 2.21. The zero-order chi connectivity index (χ0) is 21.9. The monoisotopic (exact) mass is 424 g/mol. The third-order valence-electron chi connectivity index (χ3n) is 5.73. The molecule has 0 atom stereocenters. The van der Waals surface area contributed by atoms with E-state index >= 15 is 0 Å². The lowest BCUT2D eigenvalue weighted by molar-refractivity contribution is 0.0787. The predicted molar refractivity (Wildman–Crippen MR) is 125 cm³/mol. The van der Waals surface area contributed by atoms with E-state index < -0.39 is 0 Å². The van der Waals surface area contributed by atoms with Crippen molar-refractivity contribution >= 4 is 17.4 Å². The van der Waals surface area contributed by atoms with Crippen LogP contribution >= 0.6 is 0 Å². The minimum Gasteiger partial charge on any atom is -0.354 e. The van der Waals surface area contributed by atoms with Crippen LogP contribution in [0.5, 0.6) is 0 Å². The molecule has 2 aromatic carbocycles. The van der Waals surface area contributed by atoms with E-state index in [9.17, 15) is 4.79 Å². The second-order valence-electron chi connectivity index (χ2n) is 7.95. The Kier molecular flexibility index (Phi) is 5.42. The molecule has 5 rings (SSSR count). The van der Waals surface area contributed by atoms with Gasteiger partial charge in [-0.2, -0.15) is 0 Å². The summed E-state index contributed by atoms with van der Waals surface area (Å²) in [6.45, 7) is 3.48. The first-order valence-electron chi connectivity index (χ1n) is 10.8. The molecule has 1 amide bonds. The van der Waals surface area contributed by atoms with Crippen molar-refractivity contribution in [3.63, 3.8) is 0 Å². The Hall–Kier alpha value is -3.93. The van der Waals surface area contributed by atoms with Crippen LogP contribution in [0, 0.1) is 6.92 Å². The molecule has 32 heavy (non-hydrogen) atoms. The predicted octanol–water partition coefficient (Wildman–Crippen LogP) is 5.69. The number of pyridine rings is 1. The molecule has 0 spiro atoms. The molecule has 0 aliphatic carbocycles. The van der Waals surface area contributed by atoms with Crippen LogP contribution in [0.2, 0.25) is 0 Å². The first-order valence-corrected chi connectivity index (χ1v) is 10.8. The van der Waals surface area contributed by atoms with Crippen LogP contribution in [0.4, 0.5) is 11.5 Å². The first-order chi connectivity index (χ1) is 15.7. The van der Waals surface area contributed by atoms with Crippen LogP contribution in [-0.2, 0) is 0 Å². The number of hydrogen-bond donors (Lipinski definition) is 1. The summed E-state index contributed by atoms with van der Waals surface area (Å²) in [5, 5.41) is 7.46. The lowest BCUT2D eigenvalue weighted by Gasteiger charge is -2.15. The number of carbonyl (C=O) groups is 1. The molecule has 0 saturated carbocycles. The molecule has 1 aliphatic rings. The largest absolute Gasteiger partial charge is 0.354 e. The van der Waals surface area contributed by atoms with E-state index in [1.54, 1.807) is 6.07 Å². The van der Waals surface area contributed by atoms with Crippen LogP contribution in [0.3, 0.4) is 0 Å². The van der Waals surface area contributed by atoms with Crippen molar-refractivity contribution in [1.29, 1.82) is 0 Å². The third-order valence-corrected chi connectivity index (χ3v) is 5.73. The minimum absolute atomic E-state index is 0.0232. The number of aryl methyl sites for hydroxylation is 1. The normalized spacial score (nSPS) is 13.3. The summed E-state index contributed by atoms with van der Waals surface area (Å²) in [5.74, 6) is 1.20. The van der Waals surface area contributed by atoms with Crippen LogP contribution in [0.1, 0.15) is 29.0 Å². The van der Waals surface area contributed by atoms with Gasteiger partial charge in [0, 0.05) is 18.7 Å². The number of carbonyl (C=O) groups excluding carboxylic acids is 1. The van der Waals surface area contributed by atoms with Gasteiger partial charge < -0.3 is 14.7 Å². The third kappa shape index (κ3) is 3.99. The molecular weight excluding hydrogens is 400 g/mol. The second kappa shape index (κ2) is 8.67. The van der Waals surface area contributed by atoms with Crippen molar-refractivity contribution < 1.29 is 9.32 Å². The highest BCUT2D eigenvalue weighted by atomic mass is 16.5. The fourth-order valence-electron chi connectivity index (χ4n) is 3.99. The van der Waals surface area contributed by atoms with Gasteiger partial charge in [-0.05, 0) is 43.0 Å². The second-order valence-corrected chi connectivity index (χ2v) is 7.95. The van der Waals surface area contributed by atoms with Gasteiger partial charge in [-0.3, -0.25) is 4.79 Å². The molecule has 6 nitrogen and oxygen atoms in total. The number of rotatable bonds is 5. The number of nitrogens with one attached hydrogen (secondary N) is 1. The molecule has 0 bridgehead atoms. The molecular formula is C26H24N4O2. The van der Waals surface area contributed by atoms with Gasteiger partial charge >= 0.3 is 0 Å². The van der Waals surface area contributed by atoms with Gasteiger partial charge in [-0.1, -0.05) is 65.8 Å². The number of anilines is 2. The van der Waals surface area contributed by atoms with Gasteiger partial charge in [-0.25, -0.2) is 4.98 Å². The van der Waals surface area contributed by atoms with E-state index in [0.717, 1.165) is 54.0 Å². The van der Waals surface area contributed by atoms with Crippen LogP contribution in [0.25, 0.3) is 22.5 Å². The molecule has 3 heterocycles. The van der Waals surface area contributed by atoms with E-state index in [2.05, 4.69) is 39.7 Å². The SMILES string of the molecule is Cc1noc(-c2ccc(-c3ccccc3)cc2)c1Nc1cccc(C(=O)N2CCCC2)n1. The van der Waals surface area contributed by atoms with Gasteiger partial charge in [0.15, 0.2) is 5.76 Å². The standard InChI is InChI=1S/C26H24N4O2/c1-18-24(28-23-11-7-10-22(27-23)26(31)30-16-5-6-17-30)25(32-29-18)21-14-12-20(13-15-21)19-8-3-2-4-9-19/h2-4,7-15H,5-6,16-17H2,1H3,(H,27,28). The molecule has 4 aromatic rings. The summed E-state index contributed by atoms with van der Waals surface area (Å²) in [5.41, 5.74) is 5.13. The summed E-state index contributed by atoms with van der Waals surface area (Å²) in [6.07, 6.45) is 2.10. The number of aromatic nitrogens is 2. The molecule has 1 aliphatic heterocycles. The summed E-state index contributed by atoms with van der Waals surface area (Å²) < 4.78 is 5.64.